The van der Waals surface area contributed by atoms with E-state index in [-0.39, 0.29) is 6.10 Å². The number of aryl methyl sites for hydroxylation is 1. The molecule has 1 atom stereocenters. The fourth-order valence-electron chi connectivity index (χ4n) is 2.81. The Morgan fingerprint density at radius 2 is 2.29 bits per heavy atom. The highest BCUT2D eigenvalue weighted by atomic mass is 35.5. The predicted octanol–water partition coefficient (Wildman–Crippen LogP) is 1.41. The number of halogens is 1. The smallest absolute Gasteiger partial charge is 0.219 e. The van der Waals surface area contributed by atoms with Crippen molar-refractivity contribution in [2.75, 3.05) is 20.2 Å². The maximum Gasteiger partial charge on any atom is 0.219 e. The average molecular weight is 255 g/mol. The molecule has 1 aromatic rings. The van der Waals surface area contributed by atoms with Crippen LogP contribution in [-0.4, -0.2) is 41.3 Å². The number of likely N-dealkylation sites (tertiary alicyclic amines) is 1. The third kappa shape index (κ3) is 1.80. The zero-order valence-corrected chi connectivity index (χ0v) is 10.4. The number of aliphatic hydroxyl groups excluding tert-OH is 1. The van der Waals surface area contributed by atoms with Crippen molar-refractivity contribution < 1.29 is 9.84 Å². The van der Waals surface area contributed by atoms with Crippen LogP contribution >= 0.6 is 11.6 Å². The molecule has 1 aliphatic heterocycles. The number of hydrogen-bond donors (Lipinski definition) is 1. The molecule has 2 heterocycles. The van der Waals surface area contributed by atoms with E-state index in [1.54, 1.807) is 7.11 Å². The highest BCUT2D eigenvalue weighted by Gasteiger charge is 2.37. The van der Waals surface area contributed by atoms with Crippen LogP contribution < -0.4 is 4.74 Å². The number of rotatable bonds is 2. The number of ether oxygens (including phenoxy) is 1. The molecule has 5 heteroatoms. The summed E-state index contributed by atoms with van der Waals surface area (Å²) in [5.74, 6) is 0.636. The number of aromatic nitrogens is 1. The summed E-state index contributed by atoms with van der Waals surface area (Å²) in [4.78, 5) is 6.50. The van der Waals surface area contributed by atoms with Crippen LogP contribution in [0.4, 0.5) is 0 Å². The van der Waals surface area contributed by atoms with Crippen LogP contribution in [0.3, 0.4) is 0 Å². The molecule has 17 heavy (non-hydrogen) atoms. The van der Waals surface area contributed by atoms with Crippen molar-refractivity contribution in [1.82, 2.24) is 9.88 Å². The van der Waals surface area contributed by atoms with E-state index in [2.05, 4.69) is 9.88 Å². The standard InChI is InChI=1S/C12H15ClN2O2/c1-17-12-11-7(4-10(13)14-12)2-3-9(11)15-5-8(16)6-15/h4,8-9,16H,2-3,5-6H2,1H3/t9-/m1/s1. The van der Waals surface area contributed by atoms with Crippen molar-refractivity contribution in [2.24, 2.45) is 0 Å². The van der Waals surface area contributed by atoms with Crippen LogP contribution in [0.2, 0.25) is 5.15 Å². The van der Waals surface area contributed by atoms with Gasteiger partial charge in [0.05, 0.1) is 13.2 Å². The van der Waals surface area contributed by atoms with Gasteiger partial charge in [-0.1, -0.05) is 11.6 Å². The van der Waals surface area contributed by atoms with Gasteiger partial charge >= 0.3 is 0 Å². The summed E-state index contributed by atoms with van der Waals surface area (Å²) >= 11 is 5.96. The Hall–Kier alpha value is -0.840. The Labute approximate surface area is 105 Å². The van der Waals surface area contributed by atoms with Gasteiger partial charge in [-0.3, -0.25) is 4.90 Å². The van der Waals surface area contributed by atoms with Gasteiger partial charge in [-0.05, 0) is 24.5 Å². The van der Waals surface area contributed by atoms with Gasteiger partial charge in [0.1, 0.15) is 5.15 Å². The van der Waals surface area contributed by atoms with E-state index >= 15 is 0 Å². The molecular weight excluding hydrogens is 240 g/mol. The molecule has 0 aromatic carbocycles. The van der Waals surface area contributed by atoms with E-state index in [1.807, 2.05) is 6.07 Å². The lowest BCUT2D eigenvalue weighted by Crippen LogP contribution is -2.51. The Bertz CT molecular complexity index is 446. The molecule has 1 fully saturated rings. The van der Waals surface area contributed by atoms with E-state index in [1.165, 1.54) is 5.56 Å². The summed E-state index contributed by atoms with van der Waals surface area (Å²) < 4.78 is 5.33. The van der Waals surface area contributed by atoms with Crippen LogP contribution in [0.25, 0.3) is 0 Å². The Morgan fingerprint density at radius 1 is 1.53 bits per heavy atom. The minimum Gasteiger partial charge on any atom is -0.481 e. The summed E-state index contributed by atoms with van der Waals surface area (Å²) in [5.41, 5.74) is 2.39. The summed E-state index contributed by atoms with van der Waals surface area (Å²) in [7, 11) is 1.62. The summed E-state index contributed by atoms with van der Waals surface area (Å²) in [6.07, 6.45) is 1.89. The van der Waals surface area contributed by atoms with E-state index in [4.69, 9.17) is 16.3 Å². The van der Waals surface area contributed by atoms with Crippen LogP contribution in [0.5, 0.6) is 5.88 Å². The monoisotopic (exact) mass is 254 g/mol. The predicted molar refractivity (Wildman–Crippen MR) is 64.4 cm³/mol. The summed E-state index contributed by atoms with van der Waals surface area (Å²) in [5, 5.41) is 9.88. The number of methoxy groups -OCH3 is 1. The molecule has 0 bridgehead atoms. The first-order valence-corrected chi connectivity index (χ1v) is 6.22. The minimum absolute atomic E-state index is 0.176. The lowest BCUT2D eigenvalue weighted by atomic mass is 10.0. The van der Waals surface area contributed by atoms with Gasteiger partial charge in [0.15, 0.2) is 0 Å². The SMILES string of the molecule is COc1nc(Cl)cc2c1[C@H](N1CC(O)C1)CC2. The van der Waals surface area contributed by atoms with Crippen LogP contribution in [0, 0.1) is 0 Å². The molecule has 1 N–H and O–H groups in total. The van der Waals surface area contributed by atoms with Gasteiger partial charge in [-0.15, -0.1) is 0 Å². The number of aliphatic hydroxyl groups is 1. The molecule has 1 aromatic heterocycles. The molecule has 0 unspecified atom stereocenters. The number of pyridine rings is 1. The van der Waals surface area contributed by atoms with Crippen LogP contribution in [0.15, 0.2) is 6.07 Å². The van der Waals surface area contributed by atoms with Crippen molar-refractivity contribution in [1.29, 1.82) is 0 Å². The number of fused-ring (bicyclic) bond motifs is 1. The van der Waals surface area contributed by atoms with Gasteiger partial charge in [0.2, 0.25) is 5.88 Å². The van der Waals surface area contributed by atoms with Crippen LogP contribution in [-0.2, 0) is 6.42 Å². The van der Waals surface area contributed by atoms with E-state index in [9.17, 15) is 5.11 Å². The topological polar surface area (TPSA) is 45.6 Å². The molecule has 1 saturated heterocycles. The van der Waals surface area contributed by atoms with Crippen molar-refractivity contribution >= 4 is 11.6 Å². The van der Waals surface area contributed by atoms with Crippen LogP contribution in [0.1, 0.15) is 23.6 Å². The highest BCUT2D eigenvalue weighted by Crippen LogP contribution is 2.43. The van der Waals surface area contributed by atoms with E-state index < -0.39 is 0 Å². The molecule has 0 saturated carbocycles. The zero-order valence-electron chi connectivity index (χ0n) is 9.69. The second kappa shape index (κ2) is 4.12. The first kappa shape index (κ1) is 11.3. The second-order valence-corrected chi connectivity index (χ2v) is 5.08. The molecule has 4 nitrogen and oxygen atoms in total. The van der Waals surface area contributed by atoms with E-state index in [0.717, 1.165) is 31.5 Å². The molecular formula is C12H15ClN2O2. The van der Waals surface area contributed by atoms with E-state index in [0.29, 0.717) is 17.1 Å². The lowest BCUT2D eigenvalue weighted by Gasteiger charge is -2.40. The quantitative estimate of drug-likeness (QED) is 0.811. The Kier molecular flexibility index (Phi) is 2.73. The molecule has 0 amide bonds. The summed E-state index contributed by atoms with van der Waals surface area (Å²) in [6.45, 7) is 1.49. The van der Waals surface area contributed by atoms with Crippen molar-refractivity contribution in [3.63, 3.8) is 0 Å². The largest absolute Gasteiger partial charge is 0.481 e. The van der Waals surface area contributed by atoms with Gasteiger partial charge < -0.3 is 9.84 Å². The molecule has 92 valence electrons. The fourth-order valence-corrected chi connectivity index (χ4v) is 3.02. The number of β-amino-alcohol motifs (C(OH)–C–C–N with tert-alkyl or cyclic N) is 1. The Morgan fingerprint density at radius 3 is 2.94 bits per heavy atom. The van der Waals surface area contributed by atoms with Gasteiger partial charge in [-0.2, -0.15) is 0 Å². The minimum atomic E-state index is -0.176. The maximum absolute atomic E-state index is 9.39. The summed E-state index contributed by atoms with van der Waals surface area (Å²) in [6, 6.07) is 2.25. The van der Waals surface area contributed by atoms with Gasteiger partial charge in [0.25, 0.3) is 0 Å². The molecule has 3 rings (SSSR count). The normalized spacial score (nSPS) is 24.5. The first-order valence-electron chi connectivity index (χ1n) is 5.84. The fraction of sp³-hybridized carbons (Fsp3) is 0.583. The molecule has 1 aliphatic carbocycles. The van der Waals surface area contributed by atoms with Crippen molar-refractivity contribution in [3.8, 4) is 5.88 Å². The number of hydrogen-bond acceptors (Lipinski definition) is 4. The third-order valence-electron chi connectivity index (χ3n) is 3.62. The van der Waals surface area contributed by atoms with Crippen molar-refractivity contribution in [2.45, 2.75) is 25.0 Å². The maximum atomic E-state index is 9.39. The highest BCUT2D eigenvalue weighted by molar-refractivity contribution is 6.29. The number of nitrogens with zero attached hydrogens (tertiary/aromatic N) is 2. The molecule has 2 aliphatic rings. The Balaban J connectivity index is 1.95. The molecule has 0 spiro atoms. The zero-order chi connectivity index (χ0) is 12.0. The molecule has 0 radical (unpaired) electrons. The van der Waals surface area contributed by atoms with Gasteiger partial charge in [0, 0.05) is 24.7 Å². The average Bonchev–Trinajstić information content (AvgIpc) is 2.67. The first-order chi connectivity index (χ1) is 8.19. The van der Waals surface area contributed by atoms with Crippen molar-refractivity contribution in [3.05, 3.63) is 22.3 Å². The van der Waals surface area contributed by atoms with Gasteiger partial charge in [-0.25, -0.2) is 4.98 Å². The second-order valence-electron chi connectivity index (χ2n) is 4.69. The third-order valence-corrected chi connectivity index (χ3v) is 3.82. The lowest BCUT2D eigenvalue weighted by molar-refractivity contribution is -0.0256.